The Morgan fingerprint density at radius 1 is 1.06 bits per heavy atom. The summed E-state index contributed by atoms with van der Waals surface area (Å²) in [6.07, 6.45) is 2.63. The summed E-state index contributed by atoms with van der Waals surface area (Å²) in [6.45, 7) is 8.02. The Bertz CT molecular complexity index is 325. The van der Waals surface area contributed by atoms with Crippen LogP contribution >= 0.6 is 0 Å². The highest BCUT2D eigenvalue weighted by Gasteiger charge is 2.49. The van der Waals surface area contributed by atoms with E-state index in [-0.39, 0.29) is 24.4 Å². The van der Waals surface area contributed by atoms with E-state index in [4.69, 9.17) is 0 Å². The molecule has 2 aliphatic heterocycles. The van der Waals surface area contributed by atoms with Crippen molar-refractivity contribution in [2.75, 3.05) is 13.1 Å². The van der Waals surface area contributed by atoms with Crippen molar-refractivity contribution in [3.05, 3.63) is 25.3 Å². The number of amides is 4. The molecule has 2 rings (SSSR count). The fourth-order valence-corrected chi connectivity index (χ4v) is 2.03. The summed E-state index contributed by atoms with van der Waals surface area (Å²) in [5.41, 5.74) is 0. The first kappa shape index (κ1) is 10.5. The van der Waals surface area contributed by atoms with Gasteiger partial charge >= 0.3 is 12.1 Å². The molecule has 0 spiro atoms. The van der Waals surface area contributed by atoms with Gasteiger partial charge in [-0.25, -0.2) is 9.59 Å². The van der Waals surface area contributed by atoms with Crippen LogP contribution in [0.3, 0.4) is 0 Å². The van der Waals surface area contributed by atoms with E-state index in [1.54, 1.807) is 22.0 Å². The molecule has 2 N–H and O–H groups in total. The van der Waals surface area contributed by atoms with Crippen molar-refractivity contribution in [1.29, 1.82) is 0 Å². The van der Waals surface area contributed by atoms with Crippen LogP contribution in [0.5, 0.6) is 0 Å². The number of carbonyl (C=O) groups excluding carboxylic acids is 2. The molecule has 0 bridgehead atoms. The first-order chi connectivity index (χ1) is 7.69. The molecule has 0 aromatic heterocycles. The van der Waals surface area contributed by atoms with Crippen molar-refractivity contribution >= 4 is 12.1 Å². The van der Waals surface area contributed by atoms with Gasteiger partial charge in [0.1, 0.15) is 12.3 Å². The SMILES string of the molecule is C=CCN1C(=O)N(CC=C)C2NC(=O)NC21. The van der Waals surface area contributed by atoms with Gasteiger partial charge < -0.3 is 10.6 Å². The molecular weight excluding hydrogens is 208 g/mol. The molecule has 2 unspecified atom stereocenters. The van der Waals surface area contributed by atoms with E-state index < -0.39 is 0 Å². The highest BCUT2D eigenvalue weighted by molar-refractivity contribution is 5.85. The Labute approximate surface area is 93.6 Å². The van der Waals surface area contributed by atoms with Crippen LogP contribution in [0.2, 0.25) is 0 Å². The second-order valence-corrected chi connectivity index (χ2v) is 3.67. The van der Waals surface area contributed by atoms with Gasteiger partial charge in [-0.05, 0) is 0 Å². The molecule has 6 nitrogen and oxygen atoms in total. The second kappa shape index (κ2) is 3.88. The normalized spacial score (nSPS) is 27.5. The van der Waals surface area contributed by atoms with E-state index in [1.807, 2.05) is 0 Å². The molecule has 2 saturated heterocycles. The van der Waals surface area contributed by atoms with Crippen LogP contribution in [0.1, 0.15) is 0 Å². The lowest BCUT2D eigenvalue weighted by molar-refractivity contribution is 0.185. The lowest BCUT2D eigenvalue weighted by atomic mass is 10.4. The van der Waals surface area contributed by atoms with Crippen LogP contribution < -0.4 is 10.6 Å². The Kier molecular flexibility index (Phi) is 2.55. The number of urea groups is 2. The molecular formula is C10H14N4O2. The first-order valence-electron chi connectivity index (χ1n) is 5.05. The van der Waals surface area contributed by atoms with Crippen molar-refractivity contribution in [1.82, 2.24) is 20.4 Å². The quantitative estimate of drug-likeness (QED) is 0.661. The van der Waals surface area contributed by atoms with Crippen molar-refractivity contribution in [3.63, 3.8) is 0 Å². The van der Waals surface area contributed by atoms with Crippen LogP contribution in [0.4, 0.5) is 9.59 Å². The van der Waals surface area contributed by atoms with Crippen LogP contribution in [-0.2, 0) is 0 Å². The highest BCUT2D eigenvalue weighted by Crippen LogP contribution is 2.22. The molecule has 4 amide bonds. The van der Waals surface area contributed by atoms with Crippen molar-refractivity contribution in [2.45, 2.75) is 12.3 Å². The molecule has 2 fully saturated rings. The van der Waals surface area contributed by atoms with Crippen molar-refractivity contribution in [2.24, 2.45) is 0 Å². The van der Waals surface area contributed by atoms with Gasteiger partial charge in [0.05, 0.1) is 0 Å². The van der Waals surface area contributed by atoms with Gasteiger partial charge in [-0.15, -0.1) is 13.2 Å². The number of hydrogen-bond acceptors (Lipinski definition) is 2. The molecule has 0 aromatic rings. The topological polar surface area (TPSA) is 64.7 Å². The predicted molar refractivity (Wildman–Crippen MR) is 58.4 cm³/mol. The third-order valence-corrected chi connectivity index (χ3v) is 2.67. The minimum absolute atomic E-state index is 0.123. The Morgan fingerprint density at radius 3 is 1.88 bits per heavy atom. The zero-order valence-electron chi connectivity index (χ0n) is 8.85. The molecule has 0 radical (unpaired) electrons. The molecule has 86 valence electrons. The number of hydrogen-bond donors (Lipinski definition) is 2. The molecule has 0 aromatic carbocycles. The third-order valence-electron chi connectivity index (χ3n) is 2.67. The van der Waals surface area contributed by atoms with Gasteiger partial charge in [0.25, 0.3) is 0 Å². The lowest BCUT2D eigenvalue weighted by Crippen LogP contribution is -2.43. The van der Waals surface area contributed by atoms with Crippen molar-refractivity contribution < 1.29 is 9.59 Å². The van der Waals surface area contributed by atoms with Crippen LogP contribution in [-0.4, -0.2) is 47.3 Å². The summed E-state index contributed by atoms with van der Waals surface area (Å²) in [4.78, 5) is 26.3. The van der Waals surface area contributed by atoms with E-state index in [1.165, 1.54) is 0 Å². The summed E-state index contributed by atoms with van der Waals surface area (Å²) < 4.78 is 0. The summed E-state index contributed by atoms with van der Waals surface area (Å²) in [5.74, 6) is 0. The van der Waals surface area contributed by atoms with E-state index in [2.05, 4.69) is 23.8 Å². The number of nitrogens with zero attached hydrogens (tertiary/aromatic N) is 2. The predicted octanol–water partition coefficient (Wildman–Crippen LogP) is 0.0610. The van der Waals surface area contributed by atoms with Gasteiger partial charge in [0.2, 0.25) is 0 Å². The summed E-state index contributed by atoms with van der Waals surface area (Å²) in [6, 6.07) is -0.382. The Balaban J connectivity index is 2.22. The van der Waals surface area contributed by atoms with Gasteiger partial charge in [-0.2, -0.15) is 0 Å². The average Bonchev–Trinajstić information content (AvgIpc) is 2.71. The highest BCUT2D eigenvalue weighted by atomic mass is 16.2. The molecule has 6 heteroatoms. The van der Waals surface area contributed by atoms with Gasteiger partial charge in [0, 0.05) is 13.1 Å². The maximum absolute atomic E-state index is 12.0. The monoisotopic (exact) mass is 222 g/mol. The third kappa shape index (κ3) is 1.42. The van der Waals surface area contributed by atoms with Crippen LogP contribution in [0.15, 0.2) is 25.3 Å². The Morgan fingerprint density at radius 2 is 1.50 bits per heavy atom. The van der Waals surface area contributed by atoms with Gasteiger partial charge in [0.15, 0.2) is 0 Å². The largest absolute Gasteiger partial charge is 0.324 e. The van der Waals surface area contributed by atoms with Gasteiger partial charge in [-0.1, -0.05) is 12.2 Å². The summed E-state index contributed by atoms with van der Waals surface area (Å²) >= 11 is 0. The standard InChI is InChI=1S/C10H14N4O2/c1-3-5-13-7-8(12-9(15)11-7)14(6-4-2)10(13)16/h3-4,7-8H,1-2,5-6H2,(H2,11,12,15). The number of carbonyl (C=O) groups is 2. The first-order valence-corrected chi connectivity index (χ1v) is 5.05. The maximum atomic E-state index is 12.0. The van der Waals surface area contributed by atoms with Crippen LogP contribution in [0, 0.1) is 0 Å². The molecule has 2 aliphatic rings. The molecule has 16 heavy (non-hydrogen) atoms. The smallest absolute Gasteiger partial charge is 0.314 e. The zero-order valence-corrected chi connectivity index (χ0v) is 8.85. The van der Waals surface area contributed by atoms with Crippen LogP contribution in [0.25, 0.3) is 0 Å². The number of fused-ring (bicyclic) bond motifs is 1. The van der Waals surface area contributed by atoms with E-state index in [0.29, 0.717) is 13.1 Å². The van der Waals surface area contributed by atoms with Crippen molar-refractivity contribution in [3.8, 4) is 0 Å². The van der Waals surface area contributed by atoms with Gasteiger partial charge in [-0.3, -0.25) is 9.80 Å². The Hall–Kier alpha value is -1.98. The number of rotatable bonds is 4. The fourth-order valence-electron chi connectivity index (χ4n) is 2.03. The number of nitrogens with one attached hydrogen (secondary N) is 2. The maximum Gasteiger partial charge on any atom is 0.324 e. The molecule has 0 saturated carbocycles. The minimum Gasteiger partial charge on any atom is -0.314 e. The average molecular weight is 222 g/mol. The summed E-state index contributed by atoms with van der Waals surface area (Å²) in [5, 5.41) is 5.40. The molecule has 2 atom stereocenters. The van der Waals surface area contributed by atoms with E-state index in [0.717, 1.165) is 0 Å². The summed E-state index contributed by atoms with van der Waals surface area (Å²) in [7, 11) is 0. The zero-order chi connectivity index (χ0) is 11.7. The minimum atomic E-state index is -0.321. The molecule has 2 heterocycles. The second-order valence-electron chi connectivity index (χ2n) is 3.67. The lowest BCUT2D eigenvalue weighted by Gasteiger charge is -2.19. The van der Waals surface area contributed by atoms with E-state index >= 15 is 0 Å². The molecule has 0 aliphatic carbocycles. The fraction of sp³-hybridized carbons (Fsp3) is 0.400. The van der Waals surface area contributed by atoms with E-state index in [9.17, 15) is 9.59 Å².